The van der Waals surface area contributed by atoms with E-state index in [1.165, 1.54) is 0 Å². The van der Waals surface area contributed by atoms with E-state index in [-0.39, 0.29) is 5.84 Å². The molecule has 0 bridgehead atoms. The van der Waals surface area contributed by atoms with Crippen LogP contribution in [0.1, 0.15) is 26.0 Å². The molecular weight excluding hydrogens is 244 g/mol. The van der Waals surface area contributed by atoms with E-state index in [1.54, 1.807) is 0 Å². The highest BCUT2D eigenvalue weighted by atomic mass is 16.5. The van der Waals surface area contributed by atoms with Crippen molar-refractivity contribution in [2.75, 3.05) is 0 Å². The van der Waals surface area contributed by atoms with Crippen molar-refractivity contribution in [2.24, 2.45) is 10.9 Å². The van der Waals surface area contributed by atoms with Crippen molar-refractivity contribution in [3.8, 4) is 5.75 Å². The quantitative estimate of drug-likeness (QED) is 0.376. The van der Waals surface area contributed by atoms with Gasteiger partial charge >= 0.3 is 0 Å². The Morgan fingerprint density at radius 3 is 2.79 bits per heavy atom. The molecule has 0 aliphatic carbocycles. The highest BCUT2D eigenvalue weighted by Crippen LogP contribution is 2.34. The Morgan fingerprint density at radius 1 is 1.42 bits per heavy atom. The Labute approximate surface area is 111 Å². The van der Waals surface area contributed by atoms with Crippen LogP contribution < -0.4 is 10.5 Å². The van der Waals surface area contributed by atoms with E-state index >= 15 is 0 Å². The summed E-state index contributed by atoms with van der Waals surface area (Å²) in [4.78, 5) is 0. The van der Waals surface area contributed by atoms with Gasteiger partial charge in [-0.25, -0.2) is 0 Å². The van der Waals surface area contributed by atoms with Gasteiger partial charge in [0.05, 0.1) is 5.39 Å². The number of ether oxygens (including phenoxy) is 1. The average Bonchev–Trinajstić information content (AvgIpc) is 2.81. The number of aryl methyl sites for hydroxylation is 1. The number of rotatable bonds is 5. The van der Waals surface area contributed by atoms with Gasteiger partial charge in [-0.15, -0.1) is 0 Å². The molecule has 0 amide bonds. The summed E-state index contributed by atoms with van der Waals surface area (Å²) in [6.45, 7) is 3.91. The monoisotopic (exact) mass is 262 g/mol. The second-order valence-electron chi connectivity index (χ2n) is 4.24. The maximum absolute atomic E-state index is 8.76. The summed E-state index contributed by atoms with van der Waals surface area (Å²) >= 11 is 0. The summed E-state index contributed by atoms with van der Waals surface area (Å²) in [6.07, 6.45) is 0.867. The lowest BCUT2D eigenvalue weighted by Gasteiger charge is -2.15. The Hall–Kier alpha value is -2.17. The van der Waals surface area contributed by atoms with Gasteiger partial charge in [0.25, 0.3) is 0 Å². The molecule has 102 valence electrons. The largest absolute Gasteiger partial charge is 0.478 e. The summed E-state index contributed by atoms with van der Waals surface area (Å²) in [5, 5.41) is 12.7. The smallest absolute Gasteiger partial charge is 0.180 e. The van der Waals surface area contributed by atoms with Gasteiger partial charge in [-0.05, 0) is 18.6 Å². The van der Waals surface area contributed by atoms with Crippen molar-refractivity contribution in [2.45, 2.75) is 32.8 Å². The van der Waals surface area contributed by atoms with Gasteiger partial charge < -0.3 is 20.1 Å². The molecule has 0 spiro atoms. The van der Waals surface area contributed by atoms with Crippen LogP contribution in [0.3, 0.4) is 0 Å². The molecule has 3 N–H and O–H groups in total. The molecule has 2 rings (SSSR count). The van der Waals surface area contributed by atoms with Crippen molar-refractivity contribution in [3.63, 3.8) is 0 Å². The molecule has 1 aromatic heterocycles. The third-order valence-electron chi connectivity index (χ3n) is 3.02. The third kappa shape index (κ3) is 2.50. The van der Waals surface area contributed by atoms with Crippen LogP contribution in [-0.4, -0.2) is 17.1 Å². The first-order chi connectivity index (χ1) is 9.21. The molecule has 0 fully saturated rings. The minimum absolute atomic E-state index is 0.0647. The van der Waals surface area contributed by atoms with Crippen LogP contribution in [0, 0.1) is 0 Å². The molecule has 2 aromatic rings. The predicted molar refractivity (Wildman–Crippen MR) is 73.7 cm³/mol. The van der Waals surface area contributed by atoms with Crippen LogP contribution in [0.15, 0.2) is 33.8 Å². The van der Waals surface area contributed by atoms with E-state index in [4.69, 9.17) is 20.1 Å². The fourth-order valence-electron chi connectivity index (χ4n) is 1.99. The number of para-hydroxylation sites is 1. The number of nitrogens with zero attached hydrogens (tertiary/aromatic N) is 1. The molecule has 1 unspecified atom stereocenters. The molecule has 1 heterocycles. The molecular formula is C14H18N2O3. The van der Waals surface area contributed by atoms with Crippen molar-refractivity contribution >= 4 is 16.8 Å². The minimum atomic E-state index is -0.462. The molecule has 5 nitrogen and oxygen atoms in total. The zero-order valence-corrected chi connectivity index (χ0v) is 11.1. The fourth-order valence-corrected chi connectivity index (χ4v) is 1.99. The molecule has 0 aliphatic rings. The molecule has 0 aliphatic heterocycles. The van der Waals surface area contributed by atoms with Crippen LogP contribution in [0.2, 0.25) is 0 Å². The van der Waals surface area contributed by atoms with Crippen LogP contribution in [0.4, 0.5) is 0 Å². The van der Waals surface area contributed by atoms with Gasteiger partial charge in [0.1, 0.15) is 11.3 Å². The van der Waals surface area contributed by atoms with E-state index in [9.17, 15) is 0 Å². The molecule has 1 aromatic carbocycles. The maximum Gasteiger partial charge on any atom is 0.180 e. The van der Waals surface area contributed by atoms with Crippen molar-refractivity contribution in [3.05, 3.63) is 30.0 Å². The van der Waals surface area contributed by atoms with E-state index < -0.39 is 6.10 Å². The molecule has 5 heteroatoms. The number of amidine groups is 1. The minimum Gasteiger partial charge on any atom is -0.478 e. The number of furan rings is 1. The highest BCUT2D eigenvalue weighted by molar-refractivity contribution is 5.88. The number of benzene rings is 1. The zero-order chi connectivity index (χ0) is 13.8. The first-order valence-corrected chi connectivity index (χ1v) is 6.35. The van der Waals surface area contributed by atoms with Crippen molar-refractivity contribution in [1.82, 2.24) is 0 Å². The number of nitrogens with two attached hydrogens (primary N) is 1. The Bertz CT molecular complexity index is 589. The predicted octanol–water partition coefficient (Wildman–Crippen LogP) is 2.90. The summed E-state index contributed by atoms with van der Waals surface area (Å²) in [5.74, 6) is 1.51. The molecule has 0 saturated carbocycles. The van der Waals surface area contributed by atoms with E-state index in [0.29, 0.717) is 12.2 Å². The van der Waals surface area contributed by atoms with E-state index in [1.807, 2.05) is 38.1 Å². The first-order valence-electron chi connectivity index (χ1n) is 6.35. The molecule has 1 atom stereocenters. The highest BCUT2D eigenvalue weighted by Gasteiger charge is 2.20. The van der Waals surface area contributed by atoms with Gasteiger partial charge in [-0.2, -0.15) is 0 Å². The zero-order valence-electron chi connectivity index (χ0n) is 11.1. The van der Waals surface area contributed by atoms with Gasteiger partial charge in [-0.3, -0.25) is 0 Å². The van der Waals surface area contributed by atoms with Crippen molar-refractivity contribution in [1.29, 1.82) is 0 Å². The summed E-state index contributed by atoms with van der Waals surface area (Å²) < 4.78 is 11.6. The van der Waals surface area contributed by atoms with Gasteiger partial charge in [0, 0.05) is 6.42 Å². The number of fused-ring (bicyclic) bond motifs is 1. The number of hydrogen-bond acceptors (Lipinski definition) is 4. The lowest BCUT2D eigenvalue weighted by Crippen LogP contribution is -2.33. The molecule has 0 saturated heterocycles. The second kappa shape index (κ2) is 5.65. The maximum atomic E-state index is 8.76. The lowest BCUT2D eigenvalue weighted by atomic mass is 10.2. The Morgan fingerprint density at radius 2 is 2.16 bits per heavy atom. The average molecular weight is 262 g/mol. The Kier molecular flexibility index (Phi) is 3.94. The van der Waals surface area contributed by atoms with Crippen LogP contribution in [0.25, 0.3) is 11.0 Å². The van der Waals surface area contributed by atoms with E-state index in [0.717, 1.165) is 23.2 Å². The first kappa shape index (κ1) is 13.3. The number of hydrogen-bond donors (Lipinski definition) is 2. The third-order valence-corrected chi connectivity index (χ3v) is 3.02. The van der Waals surface area contributed by atoms with E-state index in [2.05, 4.69) is 5.16 Å². The van der Waals surface area contributed by atoms with Crippen LogP contribution >= 0.6 is 0 Å². The number of oxime groups is 1. The van der Waals surface area contributed by atoms with Gasteiger partial charge in [-0.1, -0.05) is 31.1 Å². The summed E-state index contributed by atoms with van der Waals surface area (Å²) in [7, 11) is 0. The molecule has 19 heavy (non-hydrogen) atoms. The molecule has 0 radical (unpaired) electrons. The lowest BCUT2D eigenvalue weighted by molar-refractivity contribution is 0.243. The summed E-state index contributed by atoms with van der Waals surface area (Å²) in [6, 6.07) is 7.67. The topological polar surface area (TPSA) is 81.0 Å². The summed E-state index contributed by atoms with van der Waals surface area (Å²) in [5.41, 5.74) is 6.41. The normalized spacial score (nSPS) is 13.7. The van der Waals surface area contributed by atoms with Crippen LogP contribution in [-0.2, 0) is 6.42 Å². The fraction of sp³-hybridized carbons (Fsp3) is 0.357. The SMILES string of the molecule is CCc1oc2ccccc2c1OC(CC)C(N)=NO. The van der Waals surface area contributed by atoms with Gasteiger partial charge in [0.15, 0.2) is 17.7 Å². The van der Waals surface area contributed by atoms with Crippen molar-refractivity contribution < 1.29 is 14.4 Å². The second-order valence-corrected chi connectivity index (χ2v) is 4.24. The van der Waals surface area contributed by atoms with Crippen LogP contribution in [0.5, 0.6) is 5.75 Å². The Balaban J connectivity index is 2.43. The standard InChI is InChI=1S/C14H18N2O3/c1-3-10-13(19-11(4-2)14(15)16-17)9-7-5-6-8-12(9)18-10/h5-8,11,17H,3-4H2,1-2H3,(H2,15,16). The van der Waals surface area contributed by atoms with Gasteiger partial charge in [0.2, 0.25) is 0 Å².